The Labute approximate surface area is 283 Å². The van der Waals surface area contributed by atoms with Crippen molar-refractivity contribution in [3.05, 3.63) is 73.7 Å². The first-order chi connectivity index (χ1) is 21.6. The number of nitrogens with zero attached hydrogens (tertiary/aromatic N) is 1. The van der Waals surface area contributed by atoms with Gasteiger partial charge in [0, 0.05) is 48.6 Å². The second-order valence-electron chi connectivity index (χ2n) is 16.0. The molecule has 1 aliphatic heterocycles. The van der Waals surface area contributed by atoms with Crippen LogP contribution < -0.4 is 21.7 Å². The van der Waals surface area contributed by atoms with Crippen LogP contribution in [0.5, 0.6) is 0 Å². The van der Waals surface area contributed by atoms with Gasteiger partial charge in [-0.1, -0.05) is 107 Å². The van der Waals surface area contributed by atoms with Crippen LogP contribution in [0.4, 0.5) is 0 Å². The summed E-state index contributed by atoms with van der Waals surface area (Å²) in [6, 6.07) is 0.410. The molecule has 2 aliphatic carbocycles. The summed E-state index contributed by atoms with van der Waals surface area (Å²) in [5, 5.41) is 11.4. The standard InChI is InChI=1S/C40H69N5O/c1-14-25(2)22-37(27(4)29(6)41)42-30(7)35-24-45(23-34-28(5)38(34)35)31(8)39(40(10,11)12)44-32(9)43-36(21-20-26(3)46-13)33-18-16-15-17-19-33/h25,28,33-39,42-44H,3-4,6-9,14-24,41H2,1-2,5,10-13H3/t25?,28?,34-,35?,36?,37?,38+,39?/m1/s1. The number of likely N-dealkylation sites (tertiary alicyclic amines) is 1. The van der Waals surface area contributed by atoms with Gasteiger partial charge in [-0.3, -0.25) is 0 Å². The number of ether oxygens (including phenoxy) is 1. The molecule has 6 nitrogen and oxygen atoms in total. The molecule has 0 amide bonds. The molecule has 0 bridgehead atoms. The maximum Gasteiger partial charge on any atom is 0.0920 e. The van der Waals surface area contributed by atoms with Gasteiger partial charge in [-0.2, -0.15) is 0 Å². The number of hydrogen-bond donors (Lipinski definition) is 4. The highest BCUT2D eigenvalue weighted by Gasteiger charge is 2.56. The normalized spacial score (nSPS) is 25.6. The summed E-state index contributed by atoms with van der Waals surface area (Å²) in [4.78, 5) is 2.53. The van der Waals surface area contributed by atoms with E-state index < -0.39 is 0 Å². The first kappa shape index (κ1) is 37.7. The number of piperidine rings is 1. The number of rotatable bonds is 19. The molecule has 0 aromatic heterocycles. The topological polar surface area (TPSA) is 74.6 Å². The van der Waals surface area contributed by atoms with Crippen LogP contribution in [-0.2, 0) is 4.74 Å². The summed E-state index contributed by atoms with van der Waals surface area (Å²) in [5.41, 5.74) is 9.71. The third-order valence-electron chi connectivity index (χ3n) is 11.4. The molecule has 0 aromatic rings. The lowest BCUT2D eigenvalue weighted by atomic mass is 9.82. The van der Waals surface area contributed by atoms with E-state index in [0.29, 0.717) is 47.2 Å². The van der Waals surface area contributed by atoms with Gasteiger partial charge in [0.2, 0.25) is 0 Å². The van der Waals surface area contributed by atoms with Gasteiger partial charge in [-0.15, -0.1) is 0 Å². The van der Waals surface area contributed by atoms with E-state index in [4.69, 9.17) is 17.0 Å². The lowest BCUT2D eigenvalue weighted by Gasteiger charge is -2.44. The molecular formula is C40H69N5O. The minimum absolute atomic E-state index is 0.0272. The van der Waals surface area contributed by atoms with Crippen molar-refractivity contribution in [3.8, 4) is 0 Å². The van der Waals surface area contributed by atoms with Crippen LogP contribution in [0.15, 0.2) is 73.7 Å². The SMILES string of the molecule is C=C(NC(CCC(=C)OC)C1CCCCC1)NC(C(=C)N1CC(C(=C)NC(CC(C)CC)C(=C)C(=C)N)[C@H]2C(C)[C@H]2C1)C(C)(C)C. The highest BCUT2D eigenvalue weighted by atomic mass is 16.5. The van der Waals surface area contributed by atoms with Crippen molar-refractivity contribution >= 4 is 0 Å². The lowest BCUT2D eigenvalue weighted by Crippen LogP contribution is -2.52. The van der Waals surface area contributed by atoms with Gasteiger partial charge < -0.3 is 31.3 Å². The molecule has 3 aliphatic rings. The Morgan fingerprint density at radius 3 is 2.20 bits per heavy atom. The smallest absolute Gasteiger partial charge is 0.0920 e. The summed E-state index contributed by atoms with van der Waals surface area (Å²) < 4.78 is 5.41. The van der Waals surface area contributed by atoms with Gasteiger partial charge in [-0.25, -0.2) is 0 Å². The summed E-state index contributed by atoms with van der Waals surface area (Å²) in [5.74, 6) is 5.18. The van der Waals surface area contributed by atoms with Crippen molar-refractivity contribution < 1.29 is 4.74 Å². The average Bonchev–Trinajstić information content (AvgIpc) is 3.68. The average molecular weight is 636 g/mol. The molecule has 0 spiro atoms. The third-order valence-corrected chi connectivity index (χ3v) is 11.4. The van der Waals surface area contributed by atoms with E-state index >= 15 is 0 Å². The summed E-state index contributed by atoms with van der Waals surface area (Å²) in [6.45, 7) is 42.0. The predicted molar refractivity (Wildman–Crippen MR) is 197 cm³/mol. The molecule has 8 atom stereocenters. The number of nitrogens with two attached hydrogens (primary N) is 1. The van der Waals surface area contributed by atoms with Gasteiger partial charge in [0.25, 0.3) is 0 Å². The van der Waals surface area contributed by atoms with Crippen LogP contribution in [0.3, 0.4) is 0 Å². The van der Waals surface area contributed by atoms with Crippen LogP contribution in [-0.4, -0.2) is 43.2 Å². The lowest BCUT2D eigenvalue weighted by molar-refractivity contribution is 0.177. The van der Waals surface area contributed by atoms with Crippen molar-refractivity contribution in [2.24, 2.45) is 46.7 Å². The fourth-order valence-electron chi connectivity index (χ4n) is 8.01. The maximum atomic E-state index is 6.14. The molecule has 3 rings (SSSR count). The number of hydrogen-bond acceptors (Lipinski definition) is 6. The van der Waals surface area contributed by atoms with E-state index in [1.807, 2.05) is 0 Å². The second-order valence-corrected chi connectivity index (χ2v) is 16.0. The van der Waals surface area contributed by atoms with E-state index in [-0.39, 0.29) is 17.5 Å². The predicted octanol–water partition coefficient (Wildman–Crippen LogP) is 8.21. The molecule has 46 heavy (non-hydrogen) atoms. The monoisotopic (exact) mass is 636 g/mol. The van der Waals surface area contributed by atoms with Gasteiger partial charge in [0.1, 0.15) is 0 Å². The molecule has 2 saturated carbocycles. The van der Waals surface area contributed by atoms with Crippen LogP contribution in [0.25, 0.3) is 0 Å². The summed E-state index contributed by atoms with van der Waals surface area (Å²) in [6.07, 6.45) is 10.4. The molecule has 3 fully saturated rings. The van der Waals surface area contributed by atoms with E-state index in [1.165, 1.54) is 32.1 Å². The summed E-state index contributed by atoms with van der Waals surface area (Å²) in [7, 11) is 1.71. The van der Waals surface area contributed by atoms with Crippen molar-refractivity contribution in [3.63, 3.8) is 0 Å². The third kappa shape index (κ3) is 9.87. The van der Waals surface area contributed by atoms with Crippen LogP contribution in [0, 0.1) is 40.9 Å². The Hall–Kier alpha value is -2.76. The molecule has 0 aromatic carbocycles. The minimum Gasteiger partial charge on any atom is -0.502 e. The maximum absolute atomic E-state index is 6.14. The fourth-order valence-corrected chi connectivity index (χ4v) is 8.01. The van der Waals surface area contributed by atoms with Gasteiger partial charge in [0.15, 0.2) is 0 Å². The molecule has 1 saturated heterocycles. The zero-order chi connectivity index (χ0) is 34.3. The van der Waals surface area contributed by atoms with Gasteiger partial charge in [-0.05, 0) is 66.3 Å². The van der Waals surface area contributed by atoms with Crippen molar-refractivity contribution in [1.29, 1.82) is 0 Å². The van der Waals surface area contributed by atoms with Gasteiger partial charge in [0.05, 0.1) is 30.8 Å². The van der Waals surface area contributed by atoms with E-state index in [2.05, 4.69) is 95.3 Å². The van der Waals surface area contributed by atoms with Crippen molar-refractivity contribution in [1.82, 2.24) is 20.9 Å². The molecule has 0 radical (unpaired) electrons. The molecule has 6 heteroatoms. The number of methoxy groups -OCH3 is 1. The van der Waals surface area contributed by atoms with Crippen LogP contribution in [0.2, 0.25) is 0 Å². The largest absolute Gasteiger partial charge is 0.502 e. The van der Waals surface area contributed by atoms with E-state index in [0.717, 1.165) is 67.3 Å². The number of fused-ring (bicyclic) bond motifs is 1. The fraction of sp³-hybridized carbons (Fsp3) is 0.700. The Kier molecular flexibility index (Phi) is 13.4. The highest BCUT2D eigenvalue weighted by Crippen LogP contribution is 2.56. The molecule has 1 heterocycles. The van der Waals surface area contributed by atoms with Crippen molar-refractivity contribution in [2.45, 2.75) is 117 Å². The van der Waals surface area contributed by atoms with Crippen molar-refractivity contribution in [2.75, 3.05) is 20.2 Å². The molecule has 260 valence electrons. The molecule has 5 N–H and O–H groups in total. The zero-order valence-corrected chi connectivity index (χ0v) is 30.6. The zero-order valence-electron chi connectivity index (χ0n) is 30.6. The Morgan fingerprint density at radius 2 is 1.63 bits per heavy atom. The quantitative estimate of drug-likeness (QED) is 0.0847. The number of allylic oxidation sites excluding steroid dienone is 1. The van der Waals surface area contributed by atoms with E-state index in [9.17, 15) is 0 Å². The Balaban J connectivity index is 1.74. The van der Waals surface area contributed by atoms with Crippen LogP contribution >= 0.6 is 0 Å². The first-order valence-corrected chi connectivity index (χ1v) is 18.0. The minimum atomic E-state index is -0.0657. The highest BCUT2D eigenvalue weighted by molar-refractivity contribution is 5.30. The second kappa shape index (κ2) is 16.4. The Morgan fingerprint density at radius 1 is 0.978 bits per heavy atom. The number of nitrogens with one attached hydrogen (secondary N) is 3. The summed E-state index contributed by atoms with van der Waals surface area (Å²) >= 11 is 0. The van der Waals surface area contributed by atoms with E-state index in [1.54, 1.807) is 7.11 Å². The van der Waals surface area contributed by atoms with Gasteiger partial charge >= 0.3 is 0 Å². The molecular weight excluding hydrogens is 566 g/mol. The Bertz CT molecular complexity index is 1110. The van der Waals surface area contributed by atoms with Crippen LogP contribution in [0.1, 0.15) is 99.3 Å². The first-order valence-electron chi connectivity index (χ1n) is 18.0. The molecule has 6 unspecified atom stereocenters.